The van der Waals surface area contributed by atoms with E-state index in [-0.39, 0.29) is 43.5 Å². The number of phosphoric ester groups is 1. The molecule has 6 atom stereocenters. The molecule has 0 radical (unpaired) electrons. The molecule has 0 aliphatic heterocycles. The van der Waals surface area contributed by atoms with Crippen LogP contribution in [0.1, 0.15) is 201 Å². The number of ether oxygens (including phenoxy) is 2. The van der Waals surface area contributed by atoms with Crippen LogP contribution in [0.15, 0.2) is 12.2 Å². The van der Waals surface area contributed by atoms with Crippen molar-refractivity contribution in [1.29, 1.82) is 0 Å². The number of rotatable bonds is 37. The molecule has 0 aromatic carbocycles. The molecule has 1 saturated carbocycles. The molecule has 4 N–H and O–H groups in total. The molecule has 0 spiro atoms. The third kappa shape index (κ3) is 28.7. The van der Waals surface area contributed by atoms with Crippen LogP contribution in [0, 0.1) is 17.8 Å². The summed E-state index contributed by atoms with van der Waals surface area (Å²) in [6.07, 6.45) is 28.3. The zero-order valence-electron chi connectivity index (χ0n) is 35.4. The Hall–Kier alpha value is -1.62. The Bertz CT molecular complexity index is 1090. The monoisotopic (exact) mass is 817 g/mol. The van der Waals surface area contributed by atoms with Crippen molar-refractivity contribution < 1.29 is 52.9 Å². The van der Waals surface area contributed by atoms with E-state index >= 15 is 0 Å². The van der Waals surface area contributed by atoms with Crippen LogP contribution in [0.25, 0.3) is 0 Å². The molecule has 1 fully saturated rings. The largest absolute Gasteiger partial charge is 0.469 e. The third-order valence-electron chi connectivity index (χ3n) is 11.2. The Kier molecular flexibility index (Phi) is 31.1. The highest BCUT2D eigenvalue weighted by Gasteiger charge is 2.39. The van der Waals surface area contributed by atoms with Crippen molar-refractivity contribution in [3.63, 3.8) is 0 Å². The predicted octanol–water partition coefficient (Wildman–Crippen LogP) is 10.2. The topological polar surface area (TPSA) is 177 Å². The SMILES string of the molecule is CCCCC[C@H](O)/C=C/[C@H]1[C@H](O)CC(=O)[C@@H]1CCCCCCC(=O)O[C@H](COC(=O)CCCCCCCCCCCCCCCCC(C)CC)COP(=O)(O)O. The summed E-state index contributed by atoms with van der Waals surface area (Å²) in [6, 6.07) is 0. The number of ketones is 1. The van der Waals surface area contributed by atoms with Gasteiger partial charge in [0.25, 0.3) is 0 Å². The second-order valence-electron chi connectivity index (χ2n) is 16.4. The zero-order valence-corrected chi connectivity index (χ0v) is 36.3. The highest BCUT2D eigenvalue weighted by Crippen LogP contribution is 2.36. The van der Waals surface area contributed by atoms with Gasteiger partial charge in [-0.05, 0) is 31.6 Å². The third-order valence-corrected chi connectivity index (χ3v) is 11.7. The summed E-state index contributed by atoms with van der Waals surface area (Å²) < 4.78 is 26.4. The second-order valence-corrected chi connectivity index (χ2v) is 17.6. The van der Waals surface area contributed by atoms with Gasteiger partial charge in [0.15, 0.2) is 6.10 Å². The van der Waals surface area contributed by atoms with Crippen molar-refractivity contribution in [2.24, 2.45) is 17.8 Å². The Morgan fingerprint density at radius 3 is 1.82 bits per heavy atom. The van der Waals surface area contributed by atoms with Gasteiger partial charge in [0.2, 0.25) is 0 Å². The number of hydrogen-bond donors (Lipinski definition) is 4. The summed E-state index contributed by atoms with van der Waals surface area (Å²) in [6.45, 7) is 5.77. The number of carbonyl (C=O) groups is 3. The fourth-order valence-corrected chi connectivity index (χ4v) is 7.78. The smallest absolute Gasteiger partial charge is 0.462 e. The molecule has 0 heterocycles. The minimum absolute atomic E-state index is 0.0375. The number of aliphatic hydroxyl groups is 2. The lowest BCUT2D eigenvalue weighted by Crippen LogP contribution is -2.29. The first kappa shape index (κ1) is 52.4. The van der Waals surface area contributed by atoms with Gasteiger partial charge in [-0.3, -0.25) is 18.9 Å². The Labute approximate surface area is 339 Å². The van der Waals surface area contributed by atoms with Gasteiger partial charge in [0, 0.05) is 31.1 Å². The molecular formula is C44H81O11P. The fourth-order valence-electron chi connectivity index (χ4n) is 7.42. The van der Waals surface area contributed by atoms with Crippen LogP contribution < -0.4 is 0 Å². The van der Waals surface area contributed by atoms with E-state index in [1.807, 2.05) is 0 Å². The molecule has 0 saturated heterocycles. The van der Waals surface area contributed by atoms with Crippen molar-refractivity contribution >= 4 is 25.5 Å². The first-order valence-electron chi connectivity index (χ1n) is 22.5. The molecule has 0 bridgehead atoms. The summed E-state index contributed by atoms with van der Waals surface area (Å²) in [5, 5.41) is 20.7. The molecule has 56 heavy (non-hydrogen) atoms. The van der Waals surface area contributed by atoms with Gasteiger partial charge in [0.1, 0.15) is 12.4 Å². The van der Waals surface area contributed by atoms with E-state index in [4.69, 9.17) is 19.3 Å². The van der Waals surface area contributed by atoms with Crippen LogP contribution in [-0.4, -0.2) is 69.2 Å². The molecule has 328 valence electrons. The van der Waals surface area contributed by atoms with E-state index in [0.29, 0.717) is 32.1 Å². The average molecular weight is 817 g/mol. The zero-order chi connectivity index (χ0) is 41.4. The molecule has 0 amide bonds. The van der Waals surface area contributed by atoms with Crippen molar-refractivity contribution in [3.05, 3.63) is 12.2 Å². The molecule has 11 nitrogen and oxygen atoms in total. The molecule has 1 unspecified atom stereocenters. The van der Waals surface area contributed by atoms with Gasteiger partial charge in [-0.25, -0.2) is 4.57 Å². The van der Waals surface area contributed by atoms with E-state index in [0.717, 1.165) is 57.3 Å². The first-order chi connectivity index (χ1) is 26.9. The number of phosphoric acid groups is 1. The van der Waals surface area contributed by atoms with E-state index in [1.54, 1.807) is 12.2 Å². The average Bonchev–Trinajstić information content (AvgIpc) is 3.43. The standard InChI is InChI=1S/C44H81O11P/c1-4-6-21-27-37(45)31-32-40-39(41(46)33-42(40)47)28-23-19-20-25-30-44(49)55-38(35-54-56(50,51)52)34-53-43(48)29-24-18-16-14-12-10-8-7-9-11-13-15-17-22-26-36(3)5-2/h31-32,36-40,42,45,47H,4-30,33-35H2,1-3H3,(H2,50,51,52)/b32-31+/t36?,37-,38+,39+,40+,42+/m0/s1. The van der Waals surface area contributed by atoms with Crippen molar-refractivity contribution in [2.75, 3.05) is 13.2 Å². The fraction of sp³-hybridized carbons (Fsp3) is 0.886. The van der Waals surface area contributed by atoms with Gasteiger partial charge >= 0.3 is 19.8 Å². The highest BCUT2D eigenvalue weighted by molar-refractivity contribution is 7.46. The maximum absolute atomic E-state index is 12.5. The van der Waals surface area contributed by atoms with Crippen LogP contribution in [0.4, 0.5) is 0 Å². The minimum atomic E-state index is -4.82. The van der Waals surface area contributed by atoms with Gasteiger partial charge in [0.05, 0.1) is 18.8 Å². The highest BCUT2D eigenvalue weighted by atomic mass is 31.2. The van der Waals surface area contributed by atoms with Crippen LogP contribution >= 0.6 is 7.82 Å². The summed E-state index contributed by atoms with van der Waals surface area (Å²) in [4.78, 5) is 55.7. The van der Waals surface area contributed by atoms with Gasteiger partial charge in [-0.1, -0.05) is 168 Å². The van der Waals surface area contributed by atoms with Crippen LogP contribution in [0.2, 0.25) is 0 Å². The summed E-state index contributed by atoms with van der Waals surface area (Å²) in [7, 11) is -4.82. The lowest BCUT2D eigenvalue weighted by Gasteiger charge is -2.19. The Morgan fingerprint density at radius 2 is 1.27 bits per heavy atom. The molecule has 1 aliphatic carbocycles. The number of hydrogen-bond acceptors (Lipinski definition) is 9. The van der Waals surface area contributed by atoms with E-state index in [9.17, 15) is 29.2 Å². The number of unbranched alkanes of at least 4 members (excludes halogenated alkanes) is 18. The van der Waals surface area contributed by atoms with Gasteiger partial charge in [-0.2, -0.15) is 0 Å². The molecule has 0 aromatic heterocycles. The number of aliphatic hydroxyl groups excluding tert-OH is 2. The second kappa shape index (κ2) is 33.2. The Morgan fingerprint density at radius 1 is 0.750 bits per heavy atom. The lowest BCUT2D eigenvalue weighted by atomic mass is 9.88. The molecule has 12 heteroatoms. The van der Waals surface area contributed by atoms with E-state index in [1.165, 1.54) is 77.0 Å². The number of esters is 2. The first-order valence-corrected chi connectivity index (χ1v) is 24.0. The van der Waals surface area contributed by atoms with Gasteiger partial charge in [-0.15, -0.1) is 0 Å². The maximum atomic E-state index is 12.5. The van der Waals surface area contributed by atoms with Crippen LogP contribution in [0.5, 0.6) is 0 Å². The van der Waals surface area contributed by atoms with Crippen molar-refractivity contribution in [3.8, 4) is 0 Å². The molecular weight excluding hydrogens is 735 g/mol. The maximum Gasteiger partial charge on any atom is 0.469 e. The quantitative estimate of drug-likeness (QED) is 0.0203. The summed E-state index contributed by atoms with van der Waals surface area (Å²) in [5.41, 5.74) is 0. The molecule has 1 aliphatic rings. The molecule has 1 rings (SSSR count). The number of Topliss-reactive ketones (excluding diaryl/α,β-unsaturated/α-hetero) is 1. The van der Waals surface area contributed by atoms with Crippen molar-refractivity contribution in [2.45, 2.75) is 219 Å². The van der Waals surface area contributed by atoms with Gasteiger partial charge < -0.3 is 29.5 Å². The van der Waals surface area contributed by atoms with Crippen LogP contribution in [-0.2, 0) is 32.9 Å². The van der Waals surface area contributed by atoms with E-state index < -0.39 is 44.7 Å². The minimum Gasteiger partial charge on any atom is -0.462 e. The molecule has 0 aromatic rings. The normalized spacial score (nSPS) is 19.1. The van der Waals surface area contributed by atoms with Crippen LogP contribution in [0.3, 0.4) is 0 Å². The lowest BCUT2D eigenvalue weighted by molar-refractivity contribution is -0.161. The summed E-state index contributed by atoms with van der Waals surface area (Å²) in [5.74, 6) is -0.718. The van der Waals surface area contributed by atoms with Crippen molar-refractivity contribution in [1.82, 2.24) is 0 Å². The Balaban J connectivity index is 2.21. The predicted molar refractivity (Wildman–Crippen MR) is 222 cm³/mol. The number of carbonyl (C=O) groups excluding carboxylic acids is 3. The van der Waals surface area contributed by atoms with E-state index in [2.05, 4.69) is 25.3 Å². The summed E-state index contributed by atoms with van der Waals surface area (Å²) >= 11 is 0.